The first-order chi connectivity index (χ1) is 11.8. The Kier molecular flexibility index (Phi) is 5.20. The lowest BCUT2D eigenvalue weighted by Gasteiger charge is -2.32. The highest BCUT2D eigenvalue weighted by atomic mass is 32.1. The van der Waals surface area contributed by atoms with E-state index in [1.54, 1.807) is 11.3 Å². The summed E-state index contributed by atoms with van der Waals surface area (Å²) in [5.74, 6) is 0.802. The van der Waals surface area contributed by atoms with Crippen LogP contribution in [0, 0.1) is 5.92 Å². The van der Waals surface area contributed by atoms with E-state index < -0.39 is 0 Å². The molecule has 132 valence electrons. The van der Waals surface area contributed by atoms with Crippen LogP contribution < -0.4 is 5.32 Å². The molecule has 0 spiro atoms. The van der Waals surface area contributed by atoms with Gasteiger partial charge in [0.1, 0.15) is 6.10 Å². The third-order valence-electron chi connectivity index (χ3n) is 5.33. The van der Waals surface area contributed by atoms with E-state index in [9.17, 15) is 4.79 Å². The van der Waals surface area contributed by atoms with E-state index in [0.717, 1.165) is 36.7 Å². The fourth-order valence-corrected chi connectivity index (χ4v) is 4.76. The van der Waals surface area contributed by atoms with Crippen molar-refractivity contribution < 1.29 is 14.3 Å². The summed E-state index contributed by atoms with van der Waals surface area (Å²) in [6.45, 7) is 2.11. The summed E-state index contributed by atoms with van der Waals surface area (Å²) in [6, 6.07) is 2.20. The van der Waals surface area contributed by atoms with Crippen molar-refractivity contribution in [2.24, 2.45) is 5.92 Å². The first kappa shape index (κ1) is 16.6. The smallest absolute Gasteiger partial charge is 0.261 e. The van der Waals surface area contributed by atoms with Crippen LogP contribution in [0.5, 0.6) is 0 Å². The molecule has 0 aromatic carbocycles. The fraction of sp³-hybridized carbons (Fsp3) is 0.737. The summed E-state index contributed by atoms with van der Waals surface area (Å²) >= 11 is 1.69. The van der Waals surface area contributed by atoms with Gasteiger partial charge in [-0.25, -0.2) is 0 Å². The minimum absolute atomic E-state index is 0.00101. The number of rotatable bonds is 5. The van der Waals surface area contributed by atoms with Crippen LogP contribution in [0.2, 0.25) is 0 Å². The van der Waals surface area contributed by atoms with Gasteiger partial charge in [-0.05, 0) is 62.5 Å². The van der Waals surface area contributed by atoms with Crippen molar-refractivity contribution in [2.45, 2.75) is 63.5 Å². The summed E-state index contributed by atoms with van der Waals surface area (Å²) in [5.41, 5.74) is 1.40. The van der Waals surface area contributed by atoms with Gasteiger partial charge in [-0.1, -0.05) is 6.42 Å². The molecule has 0 unspecified atom stereocenters. The Bertz CT molecular complexity index is 558. The minimum Gasteiger partial charge on any atom is -0.379 e. The number of thiophene rings is 1. The van der Waals surface area contributed by atoms with Crippen molar-refractivity contribution in [1.82, 2.24) is 5.32 Å². The largest absolute Gasteiger partial charge is 0.379 e. The number of hydrogen-bond donors (Lipinski definition) is 1. The first-order valence-corrected chi connectivity index (χ1v) is 10.2. The number of fused-ring (bicyclic) bond motifs is 1. The molecule has 0 bridgehead atoms. The molecule has 2 fully saturated rings. The van der Waals surface area contributed by atoms with E-state index in [1.807, 2.05) is 0 Å². The highest BCUT2D eigenvalue weighted by Gasteiger charge is 2.31. The fourth-order valence-electron chi connectivity index (χ4n) is 3.60. The number of amides is 1. The number of hydrogen-bond acceptors (Lipinski definition) is 4. The molecule has 5 heteroatoms. The molecule has 2 aliphatic carbocycles. The van der Waals surface area contributed by atoms with E-state index in [4.69, 9.17) is 9.47 Å². The van der Waals surface area contributed by atoms with Crippen LogP contribution >= 0.6 is 11.3 Å². The monoisotopic (exact) mass is 349 g/mol. The van der Waals surface area contributed by atoms with Gasteiger partial charge < -0.3 is 14.8 Å². The summed E-state index contributed by atoms with van der Waals surface area (Å²) in [4.78, 5) is 15.0. The van der Waals surface area contributed by atoms with Crippen LogP contribution in [-0.4, -0.2) is 37.9 Å². The molecule has 3 aliphatic rings. The van der Waals surface area contributed by atoms with Crippen LogP contribution in [-0.2, 0) is 22.3 Å². The lowest BCUT2D eigenvalue weighted by atomic mass is 10.1. The Balaban J connectivity index is 1.38. The van der Waals surface area contributed by atoms with Crippen LogP contribution in [0.1, 0.15) is 58.6 Å². The second-order valence-corrected chi connectivity index (χ2v) is 8.52. The van der Waals surface area contributed by atoms with Crippen molar-refractivity contribution in [2.75, 3.05) is 19.8 Å². The number of carbonyl (C=O) groups excluding carboxylic acids is 1. The van der Waals surface area contributed by atoms with E-state index in [-0.39, 0.29) is 18.1 Å². The van der Waals surface area contributed by atoms with Crippen LogP contribution in [0.3, 0.4) is 0 Å². The standard InChI is InChI=1S/C19H27NO3S/c21-19(18-10-14-4-2-1-3-5-17(14)24-18)20-15-8-9-22-12-16(15)23-11-13-6-7-13/h10,13,15-16H,1-9,11-12H2,(H,20,21)/t15-,16-/m1/s1. The van der Waals surface area contributed by atoms with Crippen LogP contribution in [0.25, 0.3) is 0 Å². The molecule has 1 N–H and O–H groups in total. The van der Waals surface area contributed by atoms with Crippen LogP contribution in [0.15, 0.2) is 6.07 Å². The van der Waals surface area contributed by atoms with Gasteiger partial charge in [0.15, 0.2) is 0 Å². The van der Waals surface area contributed by atoms with Crippen molar-refractivity contribution in [1.29, 1.82) is 0 Å². The highest BCUT2D eigenvalue weighted by molar-refractivity contribution is 7.14. The molecule has 1 aromatic rings. The van der Waals surface area contributed by atoms with E-state index >= 15 is 0 Å². The molecule has 4 nitrogen and oxygen atoms in total. The molecule has 4 rings (SSSR count). The Labute approximate surface area is 147 Å². The molecule has 1 aromatic heterocycles. The zero-order valence-corrected chi connectivity index (χ0v) is 15.0. The van der Waals surface area contributed by atoms with E-state index in [2.05, 4.69) is 11.4 Å². The molecule has 2 heterocycles. The Morgan fingerprint density at radius 3 is 3.00 bits per heavy atom. The lowest BCUT2D eigenvalue weighted by Crippen LogP contribution is -2.50. The summed E-state index contributed by atoms with van der Waals surface area (Å²) < 4.78 is 11.6. The zero-order chi connectivity index (χ0) is 16.4. The van der Waals surface area contributed by atoms with Gasteiger partial charge in [0.25, 0.3) is 5.91 Å². The van der Waals surface area contributed by atoms with Crippen LogP contribution in [0.4, 0.5) is 0 Å². The van der Waals surface area contributed by atoms with Gasteiger partial charge in [-0.2, -0.15) is 0 Å². The Morgan fingerprint density at radius 2 is 2.12 bits per heavy atom. The SMILES string of the molecule is O=C(N[C@@H]1CCOC[C@H]1OCC1CC1)c1cc2c(s1)CCCCC2. The maximum atomic E-state index is 12.7. The zero-order valence-electron chi connectivity index (χ0n) is 14.2. The maximum absolute atomic E-state index is 12.7. The predicted molar refractivity (Wildman–Crippen MR) is 94.7 cm³/mol. The van der Waals surface area contributed by atoms with Crippen molar-refractivity contribution in [3.8, 4) is 0 Å². The van der Waals surface area contributed by atoms with Crippen molar-refractivity contribution in [3.05, 3.63) is 21.4 Å². The first-order valence-electron chi connectivity index (χ1n) is 9.41. The van der Waals surface area contributed by atoms with E-state index in [0.29, 0.717) is 13.2 Å². The quantitative estimate of drug-likeness (QED) is 0.830. The van der Waals surface area contributed by atoms with Crippen molar-refractivity contribution >= 4 is 17.2 Å². The third kappa shape index (κ3) is 4.01. The molecule has 2 atom stereocenters. The van der Waals surface area contributed by atoms with Gasteiger partial charge in [-0.3, -0.25) is 4.79 Å². The molecule has 1 aliphatic heterocycles. The molecule has 1 saturated heterocycles. The summed E-state index contributed by atoms with van der Waals surface area (Å²) in [5, 5.41) is 3.22. The average molecular weight is 349 g/mol. The second-order valence-electron chi connectivity index (χ2n) is 7.38. The number of aryl methyl sites for hydroxylation is 2. The summed E-state index contributed by atoms with van der Waals surface area (Å²) in [6.07, 6.45) is 9.49. The molecular weight excluding hydrogens is 322 g/mol. The van der Waals surface area contributed by atoms with Gasteiger partial charge in [0, 0.05) is 18.1 Å². The number of nitrogens with one attached hydrogen (secondary N) is 1. The van der Waals surface area contributed by atoms with Crippen molar-refractivity contribution in [3.63, 3.8) is 0 Å². The van der Waals surface area contributed by atoms with Gasteiger partial charge in [0.2, 0.25) is 0 Å². The van der Waals surface area contributed by atoms with Gasteiger partial charge in [-0.15, -0.1) is 11.3 Å². The molecule has 1 saturated carbocycles. The third-order valence-corrected chi connectivity index (χ3v) is 6.57. The highest BCUT2D eigenvalue weighted by Crippen LogP contribution is 2.31. The van der Waals surface area contributed by atoms with Gasteiger partial charge >= 0.3 is 0 Å². The average Bonchev–Trinajstić information content (AvgIpc) is 3.38. The molecule has 1 amide bonds. The maximum Gasteiger partial charge on any atom is 0.261 e. The minimum atomic E-state index is 0.00101. The lowest BCUT2D eigenvalue weighted by molar-refractivity contribution is -0.0697. The Morgan fingerprint density at radius 1 is 1.25 bits per heavy atom. The molecule has 24 heavy (non-hydrogen) atoms. The number of ether oxygens (including phenoxy) is 2. The molecule has 0 radical (unpaired) electrons. The normalized spacial score (nSPS) is 27.3. The molecular formula is C19H27NO3S. The van der Waals surface area contributed by atoms with Gasteiger partial charge in [0.05, 0.1) is 17.5 Å². The summed E-state index contributed by atoms with van der Waals surface area (Å²) in [7, 11) is 0. The Hall–Kier alpha value is -0.910. The van der Waals surface area contributed by atoms with E-state index in [1.165, 1.54) is 42.5 Å². The topological polar surface area (TPSA) is 47.6 Å². The second kappa shape index (κ2) is 7.54. The predicted octanol–water partition coefficient (Wildman–Crippen LogP) is 3.33. The number of carbonyl (C=O) groups is 1.